The van der Waals surface area contributed by atoms with E-state index in [9.17, 15) is 9.18 Å². The van der Waals surface area contributed by atoms with Gasteiger partial charge in [0.05, 0.1) is 19.7 Å². The molecule has 1 aromatic heterocycles. The third kappa shape index (κ3) is 4.87. The predicted molar refractivity (Wildman–Crippen MR) is 123 cm³/mol. The number of ether oxygens (including phenoxy) is 1. The lowest BCUT2D eigenvalue weighted by atomic mass is 10.1. The van der Waals surface area contributed by atoms with Crippen LogP contribution in [0.5, 0.6) is 0 Å². The maximum atomic E-state index is 13.5. The van der Waals surface area contributed by atoms with Gasteiger partial charge in [-0.3, -0.25) is 9.36 Å². The number of carbonyl (C=O) groups is 1. The number of fused-ring (bicyclic) bond motifs is 1. The summed E-state index contributed by atoms with van der Waals surface area (Å²) in [6.45, 7) is 3.74. The fourth-order valence-corrected chi connectivity index (χ4v) is 3.45. The molecule has 0 spiro atoms. The number of amides is 1. The molecule has 7 nitrogen and oxygen atoms in total. The van der Waals surface area contributed by atoms with Gasteiger partial charge >= 0.3 is 0 Å². The molecule has 0 saturated heterocycles. The quantitative estimate of drug-likeness (QED) is 0.528. The SMILES string of the molecule is COCCNCC(=O)N1C=Cn2c(nc(-c3ccc(F)cc3)c2Nc2ccc(C)cc2)C1. The van der Waals surface area contributed by atoms with Crippen molar-refractivity contribution in [3.05, 3.63) is 71.9 Å². The summed E-state index contributed by atoms with van der Waals surface area (Å²) in [7, 11) is 1.62. The van der Waals surface area contributed by atoms with Crippen molar-refractivity contribution in [1.82, 2.24) is 19.8 Å². The lowest BCUT2D eigenvalue weighted by molar-refractivity contribution is -0.128. The molecule has 0 aliphatic carbocycles. The first kappa shape index (κ1) is 21.7. The van der Waals surface area contributed by atoms with Crippen LogP contribution in [-0.2, 0) is 16.1 Å². The van der Waals surface area contributed by atoms with Crippen LogP contribution in [0.2, 0.25) is 0 Å². The van der Waals surface area contributed by atoms with Crippen molar-refractivity contribution in [2.45, 2.75) is 13.5 Å². The van der Waals surface area contributed by atoms with Gasteiger partial charge in [-0.15, -0.1) is 0 Å². The van der Waals surface area contributed by atoms with Gasteiger partial charge in [0.25, 0.3) is 0 Å². The molecule has 32 heavy (non-hydrogen) atoms. The van der Waals surface area contributed by atoms with Gasteiger partial charge in [-0.2, -0.15) is 0 Å². The van der Waals surface area contributed by atoms with E-state index in [1.54, 1.807) is 30.3 Å². The number of methoxy groups -OCH3 is 1. The summed E-state index contributed by atoms with van der Waals surface area (Å²) in [4.78, 5) is 19.0. The Morgan fingerprint density at radius 3 is 2.59 bits per heavy atom. The fraction of sp³-hybridized carbons (Fsp3) is 0.250. The number of hydrogen-bond acceptors (Lipinski definition) is 5. The number of hydrogen-bond donors (Lipinski definition) is 2. The van der Waals surface area contributed by atoms with Crippen molar-refractivity contribution in [3.8, 4) is 11.3 Å². The molecule has 166 valence electrons. The first-order chi connectivity index (χ1) is 15.5. The highest BCUT2D eigenvalue weighted by Gasteiger charge is 2.24. The Labute approximate surface area is 186 Å². The molecule has 0 unspecified atom stereocenters. The summed E-state index contributed by atoms with van der Waals surface area (Å²) in [5, 5.41) is 6.51. The predicted octanol–water partition coefficient (Wildman–Crippen LogP) is 3.75. The second-order valence-electron chi connectivity index (χ2n) is 7.58. The Bertz CT molecular complexity index is 1110. The molecule has 8 heteroatoms. The minimum atomic E-state index is -0.302. The average molecular weight is 436 g/mol. The first-order valence-electron chi connectivity index (χ1n) is 10.4. The minimum Gasteiger partial charge on any atom is -0.383 e. The molecule has 0 atom stereocenters. The molecule has 1 aliphatic rings. The zero-order valence-electron chi connectivity index (χ0n) is 18.1. The van der Waals surface area contributed by atoms with E-state index >= 15 is 0 Å². The van der Waals surface area contributed by atoms with E-state index in [4.69, 9.17) is 9.72 Å². The van der Waals surface area contributed by atoms with Gasteiger partial charge in [-0.25, -0.2) is 9.37 Å². The smallest absolute Gasteiger partial charge is 0.240 e. The van der Waals surface area contributed by atoms with Crippen molar-refractivity contribution in [3.63, 3.8) is 0 Å². The fourth-order valence-electron chi connectivity index (χ4n) is 3.45. The molecular weight excluding hydrogens is 409 g/mol. The van der Waals surface area contributed by atoms with Crippen molar-refractivity contribution in [1.29, 1.82) is 0 Å². The average Bonchev–Trinajstić information content (AvgIpc) is 3.16. The zero-order valence-corrected chi connectivity index (χ0v) is 18.1. The number of anilines is 2. The summed E-state index contributed by atoms with van der Waals surface area (Å²) in [6.07, 6.45) is 3.58. The topological polar surface area (TPSA) is 71.4 Å². The van der Waals surface area contributed by atoms with E-state index in [0.717, 1.165) is 22.6 Å². The third-order valence-corrected chi connectivity index (χ3v) is 5.20. The number of nitrogens with one attached hydrogen (secondary N) is 2. The highest BCUT2D eigenvalue weighted by molar-refractivity contribution is 5.82. The van der Waals surface area contributed by atoms with Crippen LogP contribution in [0, 0.1) is 12.7 Å². The van der Waals surface area contributed by atoms with Gasteiger partial charge in [-0.1, -0.05) is 17.7 Å². The molecule has 1 amide bonds. The van der Waals surface area contributed by atoms with Crippen LogP contribution in [0.4, 0.5) is 15.9 Å². The van der Waals surface area contributed by atoms with Crippen LogP contribution >= 0.6 is 0 Å². The number of carbonyl (C=O) groups excluding carboxylic acids is 1. The molecule has 2 N–H and O–H groups in total. The number of aromatic nitrogens is 2. The molecule has 2 heterocycles. The number of imidazole rings is 1. The van der Waals surface area contributed by atoms with Crippen molar-refractivity contribution in [2.24, 2.45) is 0 Å². The van der Waals surface area contributed by atoms with Crippen molar-refractivity contribution >= 4 is 23.6 Å². The van der Waals surface area contributed by atoms with E-state index in [1.807, 2.05) is 42.0 Å². The molecule has 2 aromatic carbocycles. The Kier molecular flexibility index (Phi) is 6.63. The molecule has 0 fully saturated rings. The molecule has 0 bridgehead atoms. The Morgan fingerprint density at radius 2 is 1.88 bits per heavy atom. The molecular formula is C24H26FN5O2. The van der Waals surface area contributed by atoms with Crippen LogP contribution in [0.15, 0.2) is 54.7 Å². The van der Waals surface area contributed by atoms with E-state index in [0.29, 0.717) is 31.2 Å². The maximum Gasteiger partial charge on any atom is 0.240 e. The number of halogens is 1. The summed E-state index contributed by atoms with van der Waals surface area (Å²) < 4.78 is 20.4. The summed E-state index contributed by atoms with van der Waals surface area (Å²) >= 11 is 0. The Morgan fingerprint density at radius 1 is 1.12 bits per heavy atom. The highest BCUT2D eigenvalue weighted by Crippen LogP contribution is 2.33. The van der Waals surface area contributed by atoms with E-state index < -0.39 is 0 Å². The van der Waals surface area contributed by atoms with E-state index in [-0.39, 0.29) is 18.3 Å². The van der Waals surface area contributed by atoms with E-state index in [1.165, 1.54) is 12.1 Å². The van der Waals surface area contributed by atoms with Gasteiger partial charge in [-0.05, 0) is 43.3 Å². The molecule has 4 rings (SSSR count). The first-order valence-corrected chi connectivity index (χ1v) is 10.4. The highest BCUT2D eigenvalue weighted by atomic mass is 19.1. The van der Waals surface area contributed by atoms with Crippen LogP contribution < -0.4 is 10.6 Å². The van der Waals surface area contributed by atoms with Crippen LogP contribution in [-0.4, -0.2) is 47.2 Å². The lowest BCUT2D eigenvalue weighted by Gasteiger charge is -2.23. The molecule has 0 radical (unpaired) electrons. The molecule has 0 saturated carbocycles. The summed E-state index contributed by atoms with van der Waals surface area (Å²) in [5.41, 5.74) is 3.56. The van der Waals surface area contributed by atoms with Crippen LogP contribution in [0.25, 0.3) is 17.5 Å². The Hall–Kier alpha value is -3.49. The van der Waals surface area contributed by atoms with Gasteiger partial charge in [0.1, 0.15) is 23.2 Å². The minimum absolute atomic E-state index is 0.0528. The van der Waals surface area contributed by atoms with Crippen molar-refractivity contribution < 1.29 is 13.9 Å². The second kappa shape index (κ2) is 9.76. The number of aryl methyl sites for hydroxylation is 1. The monoisotopic (exact) mass is 435 g/mol. The lowest BCUT2D eigenvalue weighted by Crippen LogP contribution is -2.37. The van der Waals surface area contributed by atoms with Crippen LogP contribution in [0.3, 0.4) is 0 Å². The van der Waals surface area contributed by atoms with E-state index in [2.05, 4.69) is 10.6 Å². The van der Waals surface area contributed by atoms with Gasteiger partial charge in [0.15, 0.2) is 0 Å². The summed E-state index contributed by atoms with van der Waals surface area (Å²) in [6, 6.07) is 14.3. The van der Waals surface area contributed by atoms with Crippen molar-refractivity contribution in [2.75, 3.05) is 32.1 Å². The number of benzene rings is 2. The van der Waals surface area contributed by atoms with Gasteiger partial charge < -0.3 is 20.3 Å². The largest absolute Gasteiger partial charge is 0.383 e. The number of nitrogens with zero attached hydrogens (tertiary/aromatic N) is 3. The second-order valence-corrected chi connectivity index (χ2v) is 7.58. The van der Waals surface area contributed by atoms with Gasteiger partial charge in [0, 0.05) is 37.3 Å². The molecule has 3 aromatic rings. The maximum absolute atomic E-state index is 13.5. The zero-order chi connectivity index (χ0) is 22.5. The van der Waals surface area contributed by atoms with Crippen LogP contribution in [0.1, 0.15) is 11.4 Å². The molecule has 1 aliphatic heterocycles. The third-order valence-electron chi connectivity index (χ3n) is 5.20. The number of rotatable bonds is 8. The van der Waals surface area contributed by atoms with Gasteiger partial charge in [0.2, 0.25) is 5.91 Å². The standard InChI is InChI=1S/C24H26FN5O2/c1-17-3-9-20(10-4-17)27-24-23(18-5-7-19(25)8-6-18)28-21-16-29(12-13-30(21)24)22(31)15-26-11-14-32-2/h3-10,12-13,26-27H,11,14-16H2,1-2H3. The Balaban J connectivity index is 1.62. The summed E-state index contributed by atoms with van der Waals surface area (Å²) in [5.74, 6) is 1.12. The normalized spacial score (nSPS) is 12.7.